The molecule has 0 radical (unpaired) electrons. The third-order valence-corrected chi connectivity index (χ3v) is 6.04. The van der Waals surface area contributed by atoms with E-state index >= 15 is 0 Å². The van der Waals surface area contributed by atoms with Crippen LogP contribution < -0.4 is 4.90 Å². The van der Waals surface area contributed by atoms with Crippen molar-refractivity contribution >= 4 is 17.2 Å². The molecule has 3 aromatic rings. The van der Waals surface area contributed by atoms with Crippen LogP contribution in [0.1, 0.15) is 24.0 Å². The van der Waals surface area contributed by atoms with Gasteiger partial charge in [-0.2, -0.15) is 5.10 Å². The summed E-state index contributed by atoms with van der Waals surface area (Å²) in [6, 6.07) is 18.5. The summed E-state index contributed by atoms with van der Waals surface area (Å²) in [7, 11) is 0. The summed E-state index contributed by atoms with van der Waals surface area (Å²) in [5.74, 6) is 0.205. The molecule has 0 saturated carbocycles. The molecule has 2 aliphatic rings. The second-order valence-electron chi connectivity index (χ2n) is 8.00. The third-order valence-electron chi connectivity index (χ3n) is 6.04. The highest BCUT2D eigenvalue weighted by molar-refractivity contribution is 5.96. The Kier molecular flexibility index (Phi) is 5.20. The van der Waals surface area contributed by atoms with Gasteiger partial charge in [0.1, 0.15) is 0 Å². The maximum atomic E-state index is 13.0. The highest BCUT2D eigenvalue weighted by Gasteiger charge is 2.24. The Labute approximate surface area is 177 Å². The molecule has 0 N–H and O–H groups in total. The smallest absolute Gasteiger partial charge is 0.241 e. The number of aromatic nitrogens is 2. The van der Waals surface area contributed by atoms with Crippen molar-refractivity contribution in [2.24, 2.45) is 0 Å². The SMILES string of the molecule is O=C(CN1CC=C(c2cnn(-c3ccccc3)c2)CC1)N1CCCc2ccccc21. The zero-order valence-corrected chi connectivity index (χ0v) is 17.1. The summed E-state index contributed by atoms with van der Waals surface area (Å²) in [5, 5.41) is 4.51. The van der Waals surface area contributed by atoms with E-state index in [0.717, 1.165) is 55.8 Å². The van der Waals surface area contributed by atoms with Crippen LogP contribution in [0.4, 0.5) is 5.69 Å². The van der Waals surface area contributed by atoms with E-state index in [1.165, 1.54) is 11.1 Å². The van der Waals surface area contributed by atoms with E-state index in [2.05, 4.69) is 52.6 Å². The molecule has 0 unspecified atom stereocenters. The van der Waals surface area contributed by atoms with Gasteiger partial charge in [0.2, 0.25) is 5.91 Å². The number of aryl methyl sites for hydroxylation is 1. The van der Waals surface area contributed by atoms with Gasteiger partial charge in [-0.15, -0.1) is 0 Å². The summed E-state index contributed by atoms with van der Waals surface area (Å²) in [4.78, 5) is 17.2. The molecule has 0 saturated heterocycles. The van der Waals surface area contributed by atoms with E-state index in [1.54, 1.807) is 0 Å². The lowest BCUT2D eigenvalue weighted by Crippen LogP contribution is -2.43. The number of fused-ring (bicyclic) bond motifs is 1. The van der Waals surface area contributed by atoms with Gasteiger partial charge in [-0.05, 0) is 48.6 Å². The Morgan fingerprint density at radius 1 is 0.967 bits per heavy atom. The summed E-state index contributed by atoms with van der Waals surface area (Å²) >= 11 is 0. The van der Waals surface area contributed by atoms with Gasteiger partial charge in [-0.3, -0.25) is 9.69 Å². The molecular formula is C25H26N4O. The maximum Gasteiger partial charge on any atom is 0.241 e. The molecule has 0 spiro atoms. The lowest BCUT2D eigenvalue weighted by atomic mass is 10.0. The first kappa shape index (κ1) is 18.8. The normalized spacial score (nSPS) is 16.8. The van der Waals surface area contributed by atoms with Gasteiger partial charge in [-0.25, -0.2) is 4.68 Å². The standard InChI is InChI=1S/C25H26N4O/c30-25(28-14-6-8-21-7-4-5-11-24(21)28)19-27-15-12-20(13-16-27)22-17-26-29(18-22)23-9-2-1-3-10-23/h1-5,7,9-12,17-18H,6,8,13-16,19H2. The number of para-hydroxylation sites is 2. The van der Waals surface area contributed by atoms with E-state index in [9.17, 15) is 4.79 Å². The van der Waals surface area contributed by atoms with Crippen molar-refractivity contribution in [1.29, 1.82) is 0 Å². The van der Waals surface area contributed by atoms with Crippen molar-refractivity contribution < 1.29 is 4.79 Å². The molecular weight excluding hydrogens is 372 g/mol. The molecule has 1 aromatic heterocycles. The minimum atomic E-state index is 0.205. The Hall–Kier alpha value is -3.18. The topological polar surface area (TPSA) is 41.4 Å². The molecule has 0 atom stereocenters. The van der Waals surface area contributed by atoms with Crippen LogP contribution in [-0.4, -0.2) is 46.8 Å². The molecule has 2 aliphatic heterocycles. The van der Waals surface area contributed by atoms with Crippen LogP contribution in [0.15, 0.2) is 73.1 Å². The first-order valence-corrected chi connectivity index (χ1v) is 10.7. The van der Waals surface area contributed by atoms with E-state index in [4.69, 9.17) is 0 Å². The van der Waals surface area contributed by atoms with Crippen LogP contribution >= 0.6 is 0 Å². The molecule has 5 nitrogen and oxygen atoms in total. The van der Waals surface area contributed by atoms with Gasteiger partial charge in [0.05, 0.1) is 18.4 Å². The number of hydrogen-bond acceptors (Lipinski definition) is 3. The zero-order valence-electron chi connectivity index (χ0n) is 17.1. The van der Waals surface area contributed by atoms with Crippen molar-refractivity contribution in [1.82, 2.24) is 14.7 Å². The average molecular weight is 399 g/mol. The zero-order chi connectivity index (χ0) is 20.3. The lowest BCUT2D eigenvalue weighted by molar-refractivity contribution is -0.119. The Morgan fingerprint density at radius 2 is 1.80 bits per heavy atom. The monoisotopic (exact) mass is 398 g/mol. The highest BCUT2D eigenvalue weighted by Crippen LogP contribution is 2.27. The number of carbonyl (C=O) groups excluding carboxylic acids is 1. The Bertz CT molecular complexity index is 1070. The Morgan fingerprint density at radius 3 is 2.63 bits per heavy atom. The van der Waals surface area contributed by atoms with Crippen LogP contribution in [0, 0.1) is 0 Å². The Balaban J connectivity index is 1.23. The van der Waals surface area contributed by atoms with Gasteiger partial charge in [0.25, 0.3) is 0 Å². The van der Waals surface area contributed by atoms with Gasteiger partial charge in [-0.1, -0.05) is 42.5 Å². The summed E-state index contributed by atoms with van der Waals surface area (Å²) < 4.78 is 1.92. The van der Waals surface area contributed by atoms with Crippen LogP contribution in [0.25, 0.3) is 11.3 Å². The van der Waals surface area contributed by atoms with E-state index in [-0.39, 0.29) is 5.91 Å². The molecule has 1 amide bonds. The van der Waals surface area contributed by atoms with Crippen molar-refractivity contribution in [3.63, 3.8) is 0 Å². The van der Waals surface area contributed by atoms with Crippen LogP contribution in [0.3, 0.4) is 0 Å². The van der Waals surface area contributed by atoms with E-state index < -0.39 is 0 Å². The largest absolute Gasteiger partial charge is 0.311 e. The molecule has 5 rings (SSSR count). The van der Waals surface area contributed by atoms with Crippen molar-refractivity contribution in [3.05, 3.63) is 84.2 Å². The molecule has 0 aliphatic carbocycles. The van der Waals surface area contributed by atoms with Crippen LogP contribution in [-0.2, 0) is 11.2 Å². The summed E-state index contributed by atoms with van der Waals surface area (Å²) in [6.07, 6.45) is 9.30. The molecule has 152 valence electrons. The van der Waals surface area contributed by atoms with Gasteiger partial charge < -0.3 is 4.90 Å². The van der Waals surface area contributed by atoms with E-state index in [1.807, 2.05) is 40.0 Å². The van der Waals surface area contributed by atoms with Crippen LogP contribution in [0.5, 0.6) is 0 Å². The highest BCUT2D eigenvalue weighted by atomic mass is 16.2. The predicted molar refractivity (Wildman–Crippen MR) is 120 cm³/mol. The van der Waals surface area contributed by atoms with Gasteiger partial charge >= 0.3 is 0 Å². The van der Waals surface area contributed by atoms with Crippen molar-refractivity contribution in [2.45, 2.75) is 19.3 Å². The number of benzene rings is 2. The second-order valence-corrected chi connectivity index (χ2v) is 8.00. The van der Waals surface area contributed by atoms with Crippen molar-refractivity contribution in [2.75, 3.05) is 31.1 Å². The molecule has 0 bridgehead atoms. The number of anilines is 1. The number of hydrogen-bond donors (Lipinski definition) is 0. The second kappa shape index (κ2) is 8.28. The minimum Gasteiger partial charge on any atom is -0.311 e. The molecule has 2 aromatic carbocycles. The predicted octanol–water partition coefficient (Wildman–Crippen LogP) is 3.94. The molecule has 5 heteroatoms. The summed E-state index contributed by atoms with van der Waals surface area (Å²) in [5.41, 5.74) is 5.91. The molecule has 30 heavy (non-hydrogen) atoms. The molecule has 3 heterocycles. The fourth-order valence-corrected chi connectivity index (χ4v) is 4.40. The molecule has 0 fully saturated rings. The quantitative estimate of drug-likeness (QED) is 0.668. The minimum absolute atomic E-state index is 0.205. The first-order chi connectivity index (χ1) is 14.8. The number of rotatable bonds is 4. The first-order valence-electron chi connectivity index (χ1n) is 10.7. The van der Waals surface area contributed by atoms with Crippen LogP contribution in [0.2, 0.25) is 0 Å². The maximum absolute atomic E-state index is 13.0. The fraction of sp³-hybridized carbons (Fsp3) is 0.280. The number of amides is 1. The number of nitrogens with zero attached hydrogens (tertiary/aromatic N) is 4. The van der Waals surface area contributed by atoms with Crippen molar-refractivity contribution in [3.8, 4) is 5.69 Å². The van der Waals surface area contributed by atoms with Gasteiger partial charge in [0, 0.05) is 37.1 Å². The average Bonchev–Trinajstić information content (AvgIpc) is 3.30. The van der Waals surface area contributed by atoms with Gasteiger partial charge in [0.15, 0.2) is 0 Å². The van der Waals surface area contributed by atoms with E-state index in [0.29, 0.717) is 6.54 Å². The third kappa shape index (κ3) is 3.81. The fourth-order valence-electron chi connectivity index (χ4n) is 4.40. The lowest BCUT2D eigenvalue weighted by Gasteiger charge is -2.32. The summed E-state index contributed by atoms with van der Waals surface area (Å²) in [6.45, 7) is 2.99. The number of carbonyl (C=O) groups is 1.